The summed E-state index contributed by atoms with van der Waals surface area (Å²) in [5.74, 6) is -1.38. The average molecular weight is 561 g/mol. The lowest BCUT2D eigenvalue weighted by molar-refractivity contribution is -0.121. The van der Waals surface area contributed by atoms with E-state index in [2.05, 4.69) is 5.32 Å². The second-order valence-electron chi connectivity index (χ2n) is 10.5. The van der Waals surface area contributed by atoms with Crippen LogP contribution in [0, 0.1) is 5.92 Å². The van der Waals surface area contributed by atoms with Gasteiger partial charge in [0.25, 0.3) is 0 Å². The van der Waals surface area contributed by atoms with E-state index in [0.29, 0.717) is 33.1 Å². The van der Waals surface area contributed by atoms with Gasteiger partial charge in [0.2, 0.25) is 5.91 Å². The van der Waals surface area contributed by atoms with Crippen LogP contribution in [0.3, 0.4) is 0 Å². The first-order valence-electron chi connectivity index (χ1n) is 13.4. The monoisotopic (exact) mass is 560 g/mol. The van der Waals surface area contributed by atoms with Gasteiger partial charge in [0.05, 0.1) is 19.1 Å². The number of halogens is 1. The standard InChI is InChI=1S/C34H25ClN2O4/c1-41-24-11-7-10-22(19-24)31(38)29-30(32(39)20-8-3-2-4-9-20)37-27-16-15-23(35)18-21(27)14-17-28(37)34(29)25-12-5-6-13-26(25)36-33(34)40/h2-19,28-30H,1H3,(H,36,40)/t28-,29+,30-,34-/m1/s1. The number of fused-ring (bicyclic) bond motifs is 6. The lowest BCUT2D eigenvalue weighted by atomic mass is 9.64. The number of rotatable bonds is 5. The van der Waals surface area contributed by atoms with E-state index in [4.69, 9.17) is 16.3 Å². The highest BCUT2D eigenvalue weighted by molar-refractivity contribution is 6.31. The number of amides is 1. The van der Waals surface area contributed by atoms with Crippen LogP contribution in [0.2, 0.25) is 5.02 Å². The van der Waals surface area contributed by atoms with E-state index in [1.54, 1.807) is 54.6 Å². The molecule has 41 heavy (non-hydrogen) atoms. The van der Waals surface area contributed by atoms with Crippen LogP contribution in [0.4, 0.5) is 11.4 Å². The summed E-state index contributed by atoms with van der Waals surface area (Å²) in [5, 5.41) is 3.60. The molecular weight excluding hydrogens is 536 g/mol. The van der Waals surface area contributed by atoms with Gasteiger partial charge in [-0.2, -0.15) is 0 Å². The molecule has 4 aromatic rings. The Bertz CT molecular complexity index is 1770. The molecule has 0 bridgehead atoms. The topological polar surface area (TPSA) is 75.7 Å². The maximum atomic E-state index is 14.8. The van der Waals surface area contributed by atoms with Gasteiger partial charge in [-0.1, -0.05) is 84.4 Å². The summed E-state index contributed by atoms with van der Waals surface area (Å²) in [6.07, 6.45) is 3.87. The van der Waals surface area contributed by atoms with E-state index in [1.807, 2.05) is 59.5 Å². The van der Waals surface area contributed by atoms with Gasteiger partial charge >= 0.3 is 0 Å². The summed E-state index contributed by atoms with van der Waals surface area (Å²) in [6.45, 7) is 0. The molecule has 0 unspecified atom stereocenters. The molecule has 7 rings (SSSR count). The maximum absolute atomic E-state index is 14.8. The number of hydrogen-bond donors (Lipinski definition) is 1. The molecule has 1 saturated heterocycles. The lowest BCUT2D eigenvalue weighted by Crippen LogP contribution is -2.51. The highest BCUT2D eigenvalue weighted by atomic mass is 35.5. The van der Waals surface area contributed by atoms with Gasteiger partial charge < -0.3 is 15.0 Å². The van der Waals surface area contributed by atoms with Crippen molar-refractivity contribution in [3.8, 4) is 5.75 Å². The Morgan fingerprint density at radius 2 is 1.63 bits per heavy atom. The van der Waals surface area contributed by atoms with Crippen molar-refractivity contribution in [2.45, 2.75) is 17.5 Å². The minimum atomic E-state index is -1.38. The molecule has 0 saturated carbocycles. The van der Waals surface area contributed by atoms with Crippen molar-refractivity contribution in [3.63, 3.8) is 0 Å². The highest BCUT2D eigenvalue weighted by Crippen LogP contribution is 2.58. The number of ketones is 2. The second kappa shape index (κ2) is 9.46. The first kappa shape index (κ1) is 25.3. The average Bonchev–Trinajstić information content (AvgIpc) is 3.49. The van der Waals surface area contributed by atoms with Crippen LogP contribution in [0.1, 0.15) is 31.8 Å². The number of nitrogens with one attached hydrogen (secondary N) is 1. The third-order valence-electron chi connectivity index (χ3n) is 8.56. The Morgan fingerprint density at radius 3 is 2.44 bits per heavy atom. The summed E-state index contributed by atoms with van der Waals surface area (Å²) in [4.78, 5) is 45.8. The van der Waals surface area contributed by atoms with Gasteiger partial charge in [-0.25, -0.2) is 0 Å². The van der Waals surface area contributed by atoms with Gasteiger partial charge in [-0.15, -0.1) is 0 Å². The van der Waals surface area contributed by atoms with Gasteiger partial charge in [-0.05, 0) is 47.5 Å². The van der Waals surface area contributed by atoms with Crippen LogP contribution < -0.4 is 15.0 Å². The molecule has 1 spiro atoms. The summed E-state index contributed by atoms with van der Waals surface area (Å²) in [6, 6.07) is 27.1. The fourth-order valence-corrected chi connectivity index (χ4v) is 7.06. The van der Waals surface area contributed by atoms with Crippen LogP contribution in [0.15, 0.2) is 103 Å². The van der Waals surface area contributed by atoms with Crippen molar-refractivity contribution >= 4 is 46.5 Å². The molecule has 0 aliphatic carbocycles. The Kier molecular flexibility index (Phi) is 5.84. The zero-order valence-corrected chi connectivity index (χ0v) is 22.8. The van der Waals surface area contributed by atoms with Gasteiger partial charge in [0.15, 0.2) is 11.6 Å². The normalized spacial score (nSPS) is 23.5. The molecule has 202 valence electrons. The van der Waals surface area contributed by atoms with E-state index < -0.39 is 23.4 Å². The molecule has 0 radical (unpaired) electrons. The summed E-state index contributed by atoms with van der Waals surface area (Å²) >= 11 is 6.36. The number of para-hydroxylation sites is 1. The largest absolute Gasteiger partial charge is 0.497 e. The number of benzene rings is 4. The van der Waals surface area contributed by atoms with Gasteiger partial charge in [-0.3, -0.25) is 14.4 Å². The molecule has 3 aliphatic rings. The second-order valence-corrected chi connectivity index (χ2v) is 11.0. The fraction of sp³-hybridized carbons (Fsp3) is 0.147. The van der Waals surface area contributed by atoms with Crippen LogP contribution in [-0.4, -0.2) is 36.7 Å². The van der Waals surface area contributed by atoms with Crippen molar-refractivity contribution in [1.82, 2.24) is 0 Å². The Labute approximate surface area is 242 Å². The first-order chi connectivity index (χ1) is 19.9. The molecule has 1 N–H and O–H groups in total. The molecule has 4 atom stereocenters. The number of Topliss-reactive ketones (excluding diaryl/α,β-unsaturated/α-hetero) is 2. The highest BCUT2D eigenvalue weighted by Gasteiger charge is 2.70. The third-order valence-corrected chi connectivity index (χ3v) is 8.79. The van der Waals surface area contributed by atoms with Gasteiger partial charge in [0, 0.05) is 27.5 Å². The number of ether oxygens (including phenoxy) is 1. The lowest BCUT2D eigenvalue weighted by Gasteiger charge is -2.37. The molecule has 1 fully saturated rings. The van der Waals surface area contributed by atoms with Crippen molar-refractivity contribution in [3.05, 3.63) is 130 Å². The molecule has 0 aromatic heterocycles. The summed E-state index contributed by atoms with van der Waals surface area (Å²) in [7, 11) is 1.54. The van der Waals surface area contributed by atoms with E-state index in [9.17, 15) is 14.4 Å². The predicted molar refractivity (Wildman–Crippen MR) is 159 cm³/mol. The van der Waals surface area contributed by atoms with Crippen molar-refractivity contribution < 1.29 is 19.1 Å². The number of carbonyl (C=O) groups excluding carboxylic acids is 3. The van der Waals surface area contributed by atoms with Crippen molar-refractivity contribution in [2.75, 3.05) is 17.3 Å². The molecule has 1 amide bonds. The number of methoxy groups -OCH3 is 1. The first-order valence-corrected chi connectivity index (χ1v) is 13.8. The van der Waals surface area contributed by atoms with E-state index in [-0.39, 0.29) is 17.5 Å². The van der Waals surface area contributed by atoms with Crippen LogP contribution in [0.5, 0.6) is 5.75 Å². The number of nitrogens with zero attached hydrogens (tertiary/aromatic N) is 1. The van der Waals surface area contributed by atoms with E-state index in [0.717, 1.165) is 11.3 Å². The fourth-order valence-electron chi connectivity index (χ4n) is 6.88. The maximum Gasteiger partial charge on any atom is 0.238 e. The minimum absolute atomic E-state index is 0.234. The summed E-state index contributed by atoms with van der Waals surface area (Å²) < 4.78 is 5.43. The Morgan fingerprint density at radius 1 is 0.878 bits per heavy atom. The Balaban J connectivity index is 1.54. The Hall–Kier alpha value is -4.68. The molecule has 3 aliphatic heterocycles. The number of anilines is 2. The van der Waals surface area contributed by atoms with Crippen LogP contribution in [-0.2, 0) is 10.2 Å². The van der Waals surface area contributed by atoms with Gasteiger partial charge in [0.1, 0.15) is 17.2 Å². The van der Waals surface area contributed by atoms with Crippen LogP contribution in [0.25, 0.3) is 6.08 Å². The number of carbonyl (C=O) groups is 3. The molecule has 7 heteroatoms. The van der Waals surface area contributed by atoms with E-state index in [1.165, 1.54) is 7.11 Å². The van der Waals surface area contributed by atoms with Crippen molar-refractivity contribution in [2.24, 2.45) is 5.92 Å². The zero-order chi connectivity index (χ0) is 28.3. The predicted octanol–water partition coefficient (Wildman–Crippen LogP) is 6.20. The summed E-state index contributed by atoms with van der Waals surface area (Å²) in [5.41, 5.74) is 2.37. The van der Waals surface area contributed by atoms with Crippen LogP contribution >= 0.6 is 11.6 Å². The molecule has 4 aromatic carbocycles. The molecule has 6 nitrogen and oxygen atoms in total. The zero-order valence-electron chi connectivity index (χ0n) is 22.1. The number of hydrogen-bond acceptors (Lipinski definition) is 5. The molecule has 3 heterocycles. The van der Waals surface area contributed by atoms with Crippen molar-refractivity contribution in [1.29, 1.82) is 0 Å². The van der Waals surface area contributed by atoms with E-state index >= 15 is 0 Å². The quantitative estimate of drug-likeness (QED) is 0.294. The minimum Gasteiger partial charge on any atom is -0.497 e. The third kappa shape index (κ3) is 3.60. The molecular formula is C34H25ClN2O4. The SMILES string of the molecule is COc1cccc(C(=O)[C@@H]2[C@H](C(=O)c3ccccc3)N3c4ccc(Cl)cc4C=C[C@@H]3[C@@]23C(=O)Nc2ccccc23)c1. The smallest absolute Gasteiger partial charge is 0.238 e.